The molecule has 39 heavy (non-hydrogen) atoms. The lowest BCUT2D eigenvalue weighted by molar-refractivity contribution is -0.139. The number of carbonyl (C=O) groups is 2. The maximum absolute atomic E-state index is 14.0. The average Bonchev–Trinajstić information content (AvgIpc) is 2.91. The van der Waals surface area contributed by atoms with Gasteiger partial charge in [-0.05, 0) is 69.2 Å². The highest BCUT2D eigenvalue weighted by atomic mass is 35.5. The minimum Gasteiger partial charge on any atom is -0.495 e. The second-order valence-electron chi connectivity index (χ2n) is 9.18. The molecule has 0 saturated heterocycles. The lowest BCUT2D eigenvalue weighted by atomic mass is 10.1. The van der Waals surface area contributed by atoms with Gasteiger partial charge in [-0.2, -0.15) is 0 Å². The lowest BCUT2D eigenvalue weighted by Crippen LogP contribution is -2.51. The number of ether oxygens (including phenoxy) is 1. The van der Waals surface area contributed by atoms with Crippen LogP contribution in [-0.4, -0.2) is 51.4 Å². The normalized spacial score (nSPS) is 11.9. The molecule has 1 N–H and O–H groups in total. The number of hydrogen-bond donors (Lipinski definition) is 1. The van der Waals surface area contributed by atoms with Crippen molar-refractivity contribution in [3.05, 3.63) is 88.4 Å². The maximum atomic E-state index is 14.0. The predicted octanol–water partition coefficient (Wildman–Crippen LogP) is 4.71. The van der Waals surface area contributed by atoms with Crippen molar-refractivity contribution >= 4 is 39.1 Å². The summed E-state index contributed by atoms with van der Waals surface area (Å²) in [6.45, 7) is 6.89. The number of hydrogen-bond acceptors (Lipinski definition) is 5. The van der Waals surface area contributed by atoms with E-state index < -0.39 is 28.5 Å². The van der Waals surface area contributed by atoms with Gasteiger partial charge in [0.1, 0.15) is 18.3 Å². The molecule has 3 aromatic rings. The zero-order valence-corrected chi connectivity index (χ0v) is 24.3. The number of likely N-dealkylation sites (N-methyl/N-ethyl adjacent to an activating group) is 1. The maximum Gasteiger partial charge on any atom is 0.264 e. The van der Waals surface area contributed by atoms with Crippen molar-refractivity contribution < 1.29 is 22.7 Å². The number of sulfonamides is 1. The highest BCUT2D eigenvalue weighted by Crippen LogP contribution is 2.34. The number of methoxy groups -OCH3 is 1. The molecule has 10 heteroatoms. The number of nitrogens with one attached hydrogen (secondary N) is 1. The van der Waals surface area contributed by atoms with E-state index in [2.05, 4.69) is 5.32 Å². The van der Waals surface area contributed by atoms with Crippen molar-refractivity contribution in [2.45, 2.75) is 45.2 Å². The largest absolute Gasteiger partial charge is 0.495 e. The Kier molecular flexibility index (Phi) is 9.99. The quantitative estimate of drug-likeness (QED) is 0.359. The van der Waals surface area contributed by atoms with Gasteiger partial charge < -0.3 is 15.0 Å². The van der Waals surface area contributed by atoms with E-state index in [0.29, 0.717) is 22.9 Å². The summed E-state index contributed by atoms with van der Waals surface area (Å²) in [5, 5.41) is 3.17. The molecule has 0 spiro atoms. The Morgan fingerprint density at radius 3 is 2.26 bits per heavy atom. The molecule has 0 aliphatic rings. The van der Waals surface area contributed by atoms with Crippen LogP contribution >= 0.6 is 11.6 Å². The van der Waals surface area contributed by atoms with Crippen molar-refractivity contribution in [1.29, 1.82) is 0 Å². The van der Waals surface area contributed by atoms with Gasteiger partial charge >= 0.3 is 0 Å². The summed E-state index contributed by atoms with van der Waals surface area (Å²) in [6, 6.07) is 17.6. The van der Waals surface area contributed by atoms with Crippen LogP contribution in [0.3, 0.4) is 0 Å². The summed E-state index contributed by atoms with van der Waals surface area (Å²) in [6.07, 6.45) is 0. The van der Waals surface area contributed by atoms with Crippen LogP contribution in [0.15, 0.2) is 71.6 Å². The van der Waals surface area contributed by atoms with E-state index in [4.69, 9.17) is 16.3 Å². The molecule has 0 aliphatic carbocycles. The van der Waals surface area contributed by atoms with E-state index in [1.54, 1.807) is 68.4 Å². The molecule has 0 aliphatic heterocycles. The molecule has 0 saturated carbocycles. The molecule has 8 nitrogen and oxygen atoms in total. The fourth-order valence-electron chi connectivity index (χ4n) is 4.06. The van der Waals surface area contributed by atoms with Gasteiger partial charge in [0.05, 0.1) is 17.7 Å². The Balaban J connectivity index is 2.11. The molecule has 0 heterocycles. The fraction of sp³-hybridized carbons (Fsp3) is 0.310. The topological polar surface area (TPSA) is 96.0 Å². The number of aryl methyl sites for hydroxylation is 2. The van der Waals surface area contributed by atoms with Crippen LogP contribution in [0.1, 0.15) is 30.5 Å². The van der Waals surface area contributed by atoms with Crippen molar-refractivity contribution in [2.24, 2.45) is 0 Å². The number of amides is 2. The van der Waals surface area contributed by atoms with Gasteiger partial charge in [0.25, 0.3) is 10.0 Å². The zero-order valence-electron chi connectivity index (χ0n) is 22.8. The molecule has 2 amide bonds. The fourth-order valence-corrected chi connectivity index (χ4v) is 5.67. The van der Waals surface area contributed by atoms with Crippen LogP contribution in [0.4, 0.5) is 5.69 Å². The zero-order chi connectivity index (χ0) is 28.7. The van der Waals surface area contributed by atoms with E-state index in [1.807, 2.05) is 13.8 Å². The third-order valence-corrected chi connectivity index (χ3v) is 8.45. The molecule has 0 aromatic heterocycles. The van der Waals surface area contributed by atoms with Crippen molar-refractivity contribution in [1.82, 2.24) is 10.2 Å². The summed E-state index contributed by atoms with van der Waals surface area (Å²) in [5.41, 5.74) is 2.52. The first-order valence-corrected chi connectivity index (χ1v) is 14.4. The third kappa shape index (κ3) is 7.10. The number of carbonyl (C=O) groups excluding carboxylic acids is 2. The first kappa shape index (κ1) is 30.0. The summed E-state index contributed by atoms with van der Waals surface area (Å²) in [7, 11) is -2.77. The van der Waals surface area contributed by atoms with E-state index in [-0.39, 0.29) is 23.0 Å². The monoisotopic (exact) mass is 571 g/mol. The molecule has 0 bridgehead atoms. The number of halogens is 1. The Labute approximate surface area is 235 Å². The summed E-state index contributed by atoms with van der Waals surface area (Å²) >= 11 is 6.38. The molecule has 0 radical (unpaired) electrons. The molecule has 3 aromatic carbocycles. The molecule has 208 valence electrons. The van der Waals surface area contributed by atoms with Gasteiger partial charge in [-0.3, -0.25) is 13.9 Å². The van der Waals surface area contributed by atoms with Crippen molar-refractivity contribution in [3.63, 3.8) is 0 Å². The Morgan fingerprint density at radius 2 is 1.64 bits per heavy atom. The molecular weight excluding hydrogens is 538 g/mol. The minimum atomic E-state index is -4.21. The van der Waals surface area contributed by atoms with Gasteiger partial charge in [-0.1, -0.05) is 53.6 Å². The Morgan fingerprint density at radius 1 is 1.00 bits per heavy atom. The Hall–Kier alpha value is -3.56. The van der Waals surface area contributed by atoms with E-state index in [1.165, 1.54) is 24.1 Å². The highest BCUT2D eigenvalue weighted by Gasteiger charge is 2.34. The first-order chi connectivity index (χ1) is 18.5. The molecular formula is C29H34ClN3O5S. The van der Waals surface area contributed by atoms with E-state index in [0.717, 1.165) is 15.4 Å². The van der Waals surface area contributed by atoms with Gasteiger partial charge in [-0.25, -0.2) is 8.42 Å². The minimum absolute atomic E-state index is 0.0141. The molecule has 1 atom stereocenters. The first-order valence-electron chi connectivity index (χ1n) is 12.5. The van der Waals surface area contributed by atoms with Gasteiger partial charge in [0, 0.05) is 18.1 Å². The summed E-state index contributed by atoms with van der Waals surface area (Å²) in [4.78, 5) is 28.2. The second-order valence-corrected chi connectivity index (χ2v) is 11.5. The standard InChI is InChI=1S/C29H34ClN3O5S/c1-6-31-29(35)22(4)32(18-23-9-7-8-10-25(23)30)28(34)19-33(26-17-21(3)13-16-27(26)38-5)39(36,37)24-14-11-20(2)12-15-24/h7-17,22H,6,18-19H2,1-5H3,(H,31,35). The number of anilines is 1. The number of nitrogens with zero attached hydrogens (tertiary/aromatic N) is 2. The second kappa shape index (κ2) is 13.0. The van der Waals surface area contributed by atoms with Crippen LogP contribution in [0.5, 0.6) is 5.75 Å². The van der Waals surface area contributed by atoms with Crippen LogP contribution in [-0.2, 0) is 26.2 Å². The smallest absolute Gasteiger partial charge is 0.264 e. The lowest BCUT2D eigenvalue weighted by Gasteiger charge is -2.32. The predicted molar refractivity (Wildman–Crippen MR) is 154 cm³/mol. The molecule has 3 rings (SSSR count). The number of benzene rings is 3. The third-order valence-electron chi connectivity index (χ3n) is 6.31. The van der Waals surface area contributed by atoms with Gasteiger partial charge in [0.2, 0.25) is 11.8 Å². The van der Waals surface area contributed by atoms with Crippen LogP contribution < -0.4 is 14.4 Å². The van der Waals surface area contributed by atoms with E-state index >= 15 is 0 Å². The van der Waals surface area contributed by atoms with Crippen molar-refractivity contribution in [3.8, 4) is 5.75 Å². The summed E-state index contributed by atoms with van der Waals surface area (Å²) < 4.78 is 34.5. The van der Waals surface area contributed by atoms with Gasteiger partial charge in [0.15, 0.2) is 0 Å². The summed E-state index contributed by atoms with van der Waals surface area (Å²) in [5.74, 6) is -0.648. The van der Waals surface area contributed by atoms with Crippen LogP contribution in [0, 0.1) is 13.8 Å². The molecule has 0 fully saturated rings. The SMILES string of the molecule is CCNC(=O)C(C)N(Cc1ccccc1Cl)C(=O)CN(c1cc(C)ccc1OC)S(=O)(=O)c1ccc(C)cc1. The van der Waals surface area contributed by atoms with Crippen LogP contribution in [0.2, 0.25) is 5.02 Å². The number of rotatable bonds is 11. The average molecular weight is 572 g/mol. The van der Waals surface area contributed by atoms with E-state index in [9.17, 15) is 18.0 Å². The van der Waals surface area contributed by atoms with Gasteiger partial charge in [-0.15, -0.1) is 0 Å². The highest BCUT2D eigenvalue weighted by molar-refractivity contribution is 7.92. The molecule has 1 unspecified atom stereocenters. The Bertz CT molecular complexity index is 1430. The van der Waals surface area contributed by atoms with Crippen LogP contribution in [0.25, 0.3) is 0 Å². The van der Waals surface area contributed by atoms with Crippen molar-refractivity contribution in [2.75, 3.05) is 24.5 Å².